The molecule has 118 valence electrons. The number of nitrogens with zero attached hydrogens (tertiary/aromatic N) is 2. The first kappa shape index (κ1) is 15.9. The Kier molecular flexibility index (Phi) is 4.91. The van der Waals surface area contributed by atoms with E-state index in [9.17, 15) is 4.79 Å². The number of hydrogen-bond acceptors (Lipinski definition) is 2. The van der Waals surface area contributed by atoms with Crippen LogP contribution < -0.4 is 10.6 Å². The second-order valence-corrected chi connectivity index (χ2v) is 6.83. The van der Waals surface area contributed by atoms with Crippen molar-refractivity contribution < 1.29 is 4.79 Å². The van der Waals surface area contributed by atoms with E-state index in [2.05, 4.69) is 36.5 Å². The number of aromatic nitrogens is 2. The van der Waals surface area contributed by atoms with Gasteiger partial charge in [0.05, 0.1) is 5.69 Å². The van der Waals surface area contributed by atoms with Gasteiger partial charge in [0, 0.05) is 19.2 Å². The van der Waals surface area contributed by atoms with E-state index >= 15 is 0 Å². The molecule has 0 radical (unpaired) electrons. The van der Waals surface area contributed by atoms with E-state index in [1.807, 2.05) is 20.0 Å². The van der Waals surface area contributed by atoms with Gasteiger partial charge in [0.1, 0.15) is 5.82 Å². The fourth-order valence-electron chi connectivity index (χ4n) is 3.42. The lowest BCUT2D eigenvalue weighted by molar-refractivity contribution is 0.172. The van der Waals surface area contributed by atoms with Crippen molar-refractivity contribution in [2.24, 2.45) is 24.8 Å². The zero-order chi connectivity index (χ0) is 15.6. The molecule has 1 aliphatic carbocycles. The number of aryl methyl sites for hydroxylation is 2. The van der Waals surface area contributed by atoms with E-state index in [1.165, 1.54) is 12.8 Å². The molecule has 0 spiro atoms. The van der Waals surface area contributed by atoms with Crippen LogP contribution in [0.4, 0.5) is 10.6 Å². The summed E-state index contributed by atoms with van der Waals surface area (Å²) in [5.74, 6) is 2.58. The van der Waals surface area contributed by atoms with Crippen LogP contribution in [0.5, 0.6) is 0 Å². The van der Waals surface area contributed by atoms with Crippen molar-refractivity contribution >= 4 is 11.8 Å². The molecule has 2 amide bonds. The quantitative estimate of drug-likeness (QED) is 0.898. The lowest BCUT2D eigenvalue weighted by Gasteiger charge is -2.37. The first-order valence-corrected chi connectivity index (χ1v) is 7.95. The maximum atomic E-state index is 12.3. The number of hydrogen-bond donors (Lipinski definition) is 2. The highest BCUT2D eigenvalue weighted by molar-refractivity contribution is 5.88. The second-order valence-electron chi connectivity index (χ2n) is 6.83. The van der Waals surface area contributed by atoms with Gasteiger partial charge in [0.25, 0.3) is 0 Å². The molecule has 0 unspecified atom stereocenters. The third kappa shape index (κ3) is 3.99. The minimum Gasteiger partial charge on any atom is -0.335 e. The van der Waals surface area contributed by atoms with Crippen molar-refractivity contribution in [2.45, 2.75) is 53.0 Å². The first-order valence-electron chi connectivity index (χ1n) is 7.95. The van der Waals surface area contributed by atoms with Crippen molar-refractivity contribution in [3.63, 3.8) is 0 Å². The molecule has 1 heterocycles. The van der Waals surface area contributed by atoms with Crippen LogP contribution in [-0.4, -0.2) is 21.9 Å². The number of anilines is 1. The summed E-state index contributed by atoms with van der Waals surface area (Å²) in [5, 5.41) is 10.3. The number of rotatable bonds is 3. The van der Waals surface area contributed by atoms with Gasteiger partial charge in [-0.05, 0) is 37.5 Å². The number of amides is 2. The first-order chi connectivity index (χ1) is 9.86. The van der Waals surface area contributed by atoms with Crippen molar-refractivity contribution in [3.05, 3.63) is 11.8 Å². The Bertz CT molecular complexity index is 494. The molecule has 3 atom stereocenters. The molecular weight excluding hydrogens is 264 g/mol. The molecule has 0 saturated heterocycles. The molecular formula is C16H28N4O. The summed E-state index contributed by atoms with van der Waals surface area (Å²) in [6.07, 6.45) is 3.54. The maximum Gasteiger partial charge on any atom is 0.320 e. The van der Waals surface area contributed by atoms with Gasteiger partial charge < -0.3 is 5.32 Å². The van der Waals surface area contributed by atoms with Crippen LogP contribution in [-0.2, 0) is 7.05 Å². The van der Waals surface area contributed by atoms with Crippen molar-refractivity contribution in [2.75, 3.05) is 5.32 Å². The molecule has 21 heavy (non-hydrogen) atoms. The van der Waals surface area contributed by atoms with Crippen LogP contribution in [0.3, 0.4) is 0 Å². The summed E-state index contributed by atoms with van der Waals surface area (Å²) < 4.78 is 1.69. The average molecular weight is 292 g/mol. The minimum absolute atomic E-state index is 0.122. The number of urea groups is 1. The summed E-state index contributed by atoms with van der Waals surface area (Å²) in [6.45, 7) is 8.68. The van der Waals surface area contributed by atoms with Crippen molar-refractivity contribution in [1.29, 1.82) is 0 Å². The number of nitrogens with one attached hydrogen (secondary N) is 2. The summed E-state index contributed by atoms with van der Waals surface area (Å²) >= 11 is 0. The third-order valence-electron chi connectivity index (χ3n) is 4.58. The third-order valence-corrected chi connectivity index (χ3v) is 4.58. The Morgan fingerprint density at radius 2 is 2.14 bits per heavy atom. The van der Waals surface area contributed by atoms with Crippen LogP contribution in [0.2, 0.25) is 0 Å². The summed E-state index contributed by atoms with van der Waals surface area (Å²) in [5.41, 5.74) is 0.902. The van der Waals surface area contributed by atoms with Gasteiger partial charge in [-0.2, -0.15) is 5.10 Å². The van der Waals surface area contributed by atoms with E-state index < -0.39 is 0 Å². The van der Waals surface area contributed by atoms with E-state index in [0.29, 0.717) is 17.8 Å². The monoisotopic (exact) mass is 292 g/mol. The standard InChI is InChI=1S/C16H28N4O/c1-10(2)13-7-6-11(3)8-14(13)17-16(21)18-15-9-12(4)19-20(15)5/h9-11,13-14H,6-8H2,1-5H3,(H2,17,18,21)/t11-,13+,14-/m1/s1. The van der Waals surface area contributed by atoms with Gasteiger partial charge in [-0.25, -0.2) is 4.79 Å². The molecule has 1 aromatic rings. The lowest BCUT2D eigenvalue weighted by Crippen LogP contribution is -2.47. The van der Waals surface area contributed by atoms with Crippen molar-refractivity contribution in [3.8, 4) is 0 Å². The summed E-state index contributed by atoms with van der Waals surface area (Å²) in [7, 11) is 1.84. The smallest absolute Gasteiger partial charge is 0.320 e. The van der Waals surface area contributed by atoms with Gasteiger partial charge in [-0.15, -0.1) is 0 Å². The molecule has 1 aromatic heterocycles. The Balaban J connectivity index is 1.98. The number of carbonyl (C=O) groups is 1. The van der Waals surface area contributed by atoms with Crippen LogP contribution in [0.15, 0.2) is 6.07 Å². The Hall–Kier alpha value is -1.52. The molecule has 5 heteroatoms. The molecule has 0 aromatic carbocycles. The second kappa shape index (κ2) is 6.50. The van der Waals surface area contributed by atoms with Crippen LogP contribution in [0.1, 0.15) is 45.7 Å². The lowest BCUT2D eigenvalue weighted by atomic mass is 9.74. The van der Waals surface area contributed by atoms with Gasteiger partial charge in [0.15, 0.2) is 0 Å². The normalized spacial score (nSPS) is 25.9. The highest BCUT2D eigenvalue weighted by atomic mass is 16.2. The maximum absolute atomic E-state index is 12.3. The molecule has 1 saturated carbocycles. The van der Waals surface area contributed by atoms with E-state index in [4.69, 9.17) is 0 Å². The van der Waals surface area contributed by atoms with Gasteiger partial charge in [-0.1, -0.05) is 27.2 Å². The fourth-order valence-corrected chi connectivity index (χ4v) is 3.42. The fraction of sp³-hybridized carbons (Fsp3) is 0.750. The average Bonchev–Trinajstić information content (AvgIpc) is 2.67. The molecule has 0 aliphatic heterocycles. The molecule has 2 N–H and O–H groups in total. The minimum atomic E-state index is -0.122. The summed E-state index contributed by atoms with van der Waals surface area (Å²) in [6, 6.07) is 2.02. The SMILES string of the molecule is Cc1cc(NC(=O)N[C@@H]2C[C@H](C)CC[C@H]2C(C)C)n(C)n1. The Morgan fingerprint density at radius 3 is 2.71 bits per heavy atom. The Morgan fingerprint density at radius 1 is 1.43 bits per heavy atom. The highest BCUT2D eigenvalue weighted by Crippen LogP contribution is 2.33. The highest BCUT2D eigenvalue weighted by Gasteiger charge is 2.31. The zero-order valence-corrected chi connectivity index (χ0v) is 13.8. The van der Waals surface area contributed by atoms with Gasteiger partial charge in [-0.3, -0.25) is 10.00 Å². The summed E-state index contributed by atoms with van der Waals surface area (Å²) in [4.78, 5) is 12.3. The van der Waals surface area contributed by atoms with E-state index in [1.54, 1.807) is 4.68 Å². The van der Waals surface area contributed by atoms with Gasteiger partial charge >= 0.3 is 6.03 Å². The van der Waals surface area contributed by atoms with Crippen LogP contribution in [0, 0.1) is 24.7 Å². The topological polar surface area (TPSA) is 59.0 Å². The van der Waals surface area contributed by atoms with Crippen LogP contribution in [0.25, 0.3) is 0 Å². The molecule has 0 bridgehead atoms. The molecule has 5 nitrogen and oxygen atoms in total. The largest absolute Gasteiger partial charge is 0.335 e. The number of carbonyl (C=O) groups excluding carboxylic acids is 1. The predicted octanol–water partition coefficient (Wildman–Crippen LogP) is 3.31. The Labute approximate surface area is 127 Å². The van der Waals surface area contributed by atoms with E-state index in [-0.39, 0.29) is 12.1 Å². The molecule has 2 rings (SSSR count). The molecule has 1 fully saturated rings. The predicted molar refractivity (Wildman–Crippen MR) is 85.2 cm³/mol. The van der Waals surface area contributed by atoms with E-state index in [0.717, 1.165) is 17.9 Å². The van der Waals surface area contributed by atoms with Gasteiger partial charge in [0.2, 0.25) is 0 Å². The zero-order valence-electron chi connectivity index (χ0n) is 13.8. The van der Waals surface area contributed by atoms with Crippen LogP contribution >= 0.6 is 0 Å². The van der Waals surface area contributed by atoms with Crippen molar-refractivity contribution in [1.82, 2.24) is 15.1 Å². The molecule has 1 aliphatic rings.